The summed E-state index contributed by atoms with van der Waals surface area (Å²) >= 11 is 0. The molecule has 0 amide bonds. The lowest BCUT2D eigenvalue weighted by molar-refractivity contribution is 0.415. The van der Waals surface area contributed by atoms with Crippen molar-refractivity contribution in [2.75, 3.05) is 45.2 Å². The molecule has 1 fully saturated rings. The van der Waals surface area contributed by atoms with E-state index in [0.29, 0.717) is 5.92 Å². The summed E-state index contributed by atoms with van der Waals surface area (Å²) in [7, 11) is 3.82. The van der Waals surface area contributed by atoms with Gasteiger partial charge in [-0.3, -0.25) is 4.99 Å². The molecule has 1 heterocycles. The van der Waals surface area contributed by atoms with E-state index in [9.17, 15) is 0 Å². The van der Waals surface area contributed by atoms with Crippen LogP contribution >= 0.6 is 0 Å². The Morgan fingerprint density at radius 1 is 1.21 bits per heavy atom. The zero-order valence-corrected chi connectivity index (χ0v) is 17.3. The van der Waals surface area contributed by atoms with Gasteiger partial charge in [-0.15, -0.1) is 0 Å². The van der Waals surface area contributed by atoms with Crippen LogP contribution in [0.4, 0.5) is 5.69 Å². The second-order valence-electron chi connectivity index (χ2n) is 7.34. The molecule has 0 bridgehead atoms. The molecule has 1 saturated heterocycles. The first-order valence-electron chi connectivity index (χ1n) is 10.1. The van der Waals surface area contributed by atoms with Crippen molar-refractivity contribution in [3.05, 3.63) is 60.2 Å². The number of hydrogen-bond donors (Lipinski definition) is 1. The number of anilines is 1. The Morgan fingerprint density at radius 3 is 2.79 bits per heavy atom. The first-order chi connectivity index (χ1) is 13.7. The van der Waals surface area contributed by atoms with Crippen LogP contribution in [0.3, 0.4) is 0 Å². The SMILES string of the molecule is CCNC(=NCC1CCN(c2cccc(OC)c2)C1)N(C)Cc1ccccc1. The number of benzene rings is 2. The molecular formula is C23H32N4O. The predicted octanol–water partition coefficient (Wildman–Crippen LogP) is 3.62. The Morgan fingerprint density at radius 2 is 2.04 bits per heavy atom. The Balaban J connectivity index is 1.58. The number of hydrogen-bond acceptors (Lipinski definition) is 3. The van der Waals surface area contributed by atoms with Crippen LogP contribution in [0.15, 0.2) is 59.6 Å². The average molecular weight is 381 g/mol. The van der Waals surface area contributed by atoms with E-state index in [4.69, 9.17) is 9.73 Å². The Bertz CT molecular complexity index is 762. The fraction of sp³-hybridized carbons (Fsp3) is 0.435. The molecule has 1 unspecified atom stereocenters. The van der Waals surface area contributed by atoms with Gasteiger partial charge in [0.25, 0.3) is 0 Å². The third kappa shape index (κ3) is 5.41. The number of guanidine groups is 1. The standard InChI is InChI=1S/C23H32N4O/c1-4-24-23(26(2)17-19-9-6-5-7-10-19)25-16-20-13-14-27(18-20)21-11-8-12-22(15-21)28-3/h5-12,15,20H,4,13-14,16-18H2,1-3H3,(H,24,25). The molecule has 1 atom stereocenters. The maximum atomic E-state index is 5.36. The molecule has 3 rings (SSSR count). The zero-order chi connectivity index (χ0) is 19.8. The fourth-order valence-electron chi connectivity index (χ4n) is 3.64. The van der Waals surface area contributed by atoms with Crippen molar-refractivity contribution in [3.8, 4) is 5.75 Å². The number of nitrogens with one attached hydrogen (secondary N) is 1. The first-order valence-corrected chi connectivity index (χ1v) is 10.1. The largest absolute Gasteiger partial charge is 0.497 e. The van der Waals surface area contributed by atoms with Crippen LogP contribution in [0.5, 0.6) is 5.75 Å². The third-order valence-electron chi connectivity index (χ3n) is 5.16. The second kappa shape index (κ2) is 10.0. The van der Waals surface area contributed by atoms with Crippen LogP contribution < -0.4 is 15.0 Å². The van der Waals surface area contributed by atoms with E-state index in [1.54, 1.807) is 7.11 Å². The van der Waals surface area contributed by atoms with Gasteiger partial charge in [0, 0.05) is 51.5 Å². The van der Waals surface area contributed by atoms with Gasteiger partial charge in [0.1, 0.15) is 5.75 Å². The van der Waals surface area contributed by atoms with Crippen molar-refractivity contribution in [1.29, 1.82) is 0 Å². The molecule has 0 spiro atoms. The normalized spacial score (nSPS) is 16.9. The number of ether oxygens (including phenoxy) is 1. The highest BCUT2D eigenvalue weighted by atomic mass is 16.5. The van der Waals surface area contributed by atoms with Gasteiger partial charge in [-0.25, -0.2) is 0 Å². The summed E-state index contributed by atoms with van der Waals surface area (Å²) in [4.78, 5) is 9.57. The number of rotatable bonds is 7. The highest BCUT2D eigenvalue weighted by Crippen LogP contribution is 2.27. The van der Waals surface area contributed by atoms with Gasteiger partial charge in [-0.05, 0) is 37.0 Å². The Labute approximate surface area is 169 Å². The van der Waals surface area contributed by atoms with E-state index in [2.05, 4.69) is 77.6 Å². The number of methoxy groups -OCH3 is 1. The fourth-order valence-corrected chi connectivity index (χ4v) is 3.64. The molecule has 0 aliphatic carbocycles. The van der Waals surface area contributed by atoms with E-state index in [-0.39, 0.29) is 0 Å². The minimum Gasteiger partial charge on any atom is -0.497 e. The summed E-state index contributed by atoms with van der Waals surface area (Å²) in [6, 6.07) is 18.9. The average Bonchev–Trinajstić information content (AvgIpc) is 3.21. The minimum atomic E-state index is 0.574. The number of aliphatic imine (C=N–C) groups is 1. The molecule has 5 heteroatoms. The smallest absolute Gasteiger partial charge is 0.193 e. The van der Waals surface area contributed by atoms with E-state index in [1.165, 1.54) is 17.7 Å². The summed E-state index contributed by atoms with van der Waals surface area (Å²) in [5.74, 6) is 2.46. The van der Waals surface area contributed by atoms with Crippen molar-refractivity contribution in [1.82, 2.24) is 10.2 Å². The second-order valence-corrected chi connectivity index (χ2v) is 7.34. The van der Waals surface area contributed by atoms with Crippen LogP contribution in [0, 0.1) is 5.92 Å². The third-order valence-corrected chi connectivity index (χ3v) is 5.16. The molecule has 1 aliphatic rings. The minimum absolute atomic E-state index is 0.574. The summed E-state index contributed by atoms with van der Waals surface area (Å²) in [5.41, 5.74) is 2.53. The highest BCUT2D eigenvalue weighted by Gasteiger charge is 2.23. The molecule has 1 aliphatic heterocycles. The molecule has 0 saturated carbocycles. The van der Waals surface area contributed by atoms with E-state index in [0.717, 1.165) is 44.4 Å². The molecule has 2 aromatic rings. The van der Waals surface area contributed by atoms with Gasteiger partial charge in [-0.1, -0.05) is 36.4 Å². The van der Waals surface area contributed by atoms with Crippen LogP contribution in [0.25, 0.3) is 0 Å². The highest BCUT2D eigenvalue weighted by molar-refractivity contribution is 5.79. The molecule has 5 nitrogen and oxygen atoms in total. The molecule has 0 aromatic heterocycles. The van der Waals surface area contributed by atoms with Crippen molar-refractivity contribution < 1.29 is 4.74 Å². The zero-order valence-electron chi connectivity index (χ0n) is 17.3. The van der Waals surface area contributed by atoms with Crippen LogP contribution in [0.1, 0.15) is 18.9 Å². The molecule has 0 radical (unpaired) electrons. The quantitative estimate of drug-likeness (QED) is 0.588. The van der Waals surface area contributed by atoms with Crippen LogP contribution in [-0.2, 0) is 6.54 Å². The number of nitrogens with zero attached hydrogens (tertiary/aromatic N) is 3. The summed E-state index contributed by atoms with van der Waals surface area (Å²) in [6.07, 6.45) is 1.17. The van der Waals surface area contributed by atoms with E-state index >= 15 is 0 Å². The molecule has 28 heavy (non-hydrogen) atoms. The van der Waals surface area contributed by atoms with E-state index < -0.39 is 0 Å². The van der Waals surface area contributed by atoms with Gasteiger partial charge in [-0.2, -0.15) is 0 Å². The summed E-state index contributed by atoms with van der Waals surface area (Å²) in [6.45, 7) is 6.81. The molecular weight excluding hydrogens is 348 g/mol. The monoisotopic (exact) mass is 380 g/mol. The maximum absolute atomic E-state index is 5.36. The molecule has 2 aromatic carbocycles. The van der Waals surface area contributed by atoms with Crippen LogP contribution in [0.2, 0.25) is 0 Å². The molecule has 150 valence electrons. The molecule has 1 N–H and O–H groups in total. The first kappa shape index (κ1) is 20.1. The Kier molecular flexibility index (Phi) is 7.18. The summed E-state index contributed by atoms with van der Waals surface area (Å²) < 4.78 is 5.36. The Hall–Kier alpha value is -2.69. The van der Waals surface area contributed by atoms with Gasteiger partial charge >= 0.3 is 0 Å². The van der Waals surface area contributed by atoms with Crippen LogP contribution in [-0.4, -0.2) is 51.2 Å². The maximum Gasteiger partial charge on any atom is 0.193 e. The van der Waals surface area contributed by atoms with Gasteiger partial charge < -0.3 is 19.9 Å². The lowest BCUT2D eigenvalue weighted by Crippen LogP contribution is -2.38. The van der Waals surface area contributed by atoms with Crippen molar-refractivity contribution >= 4 is 11.6 Å². The summed E-state index contributed by atoms with van der Waals surface area (Å²) in [5, 5.41) is 3.43. The van der Waals surface area contributed by atoms with Gasteiger partial charge in [0.05, 0.1) is 7.11 Å². The van der Waals surface area contributed by atoms with E-state index in [1.807, 2.05) is 6.07 Å². The lowest BCUT2D eigenvalue weighted by atomic mass is 10.1. The van der Waals surface area contributed by atoms with Gasteiger partial charge in [0.2, 0.25) is 0 Å². The van der Waals surface area contributed by atoms with Crippen molar-refractivity contribution in [2.45, 2.75) is 19.9 Å². The lowest BCUT2D eigenvalue weighted by Gasteiger charge is -2.23. The van der Waals surface area contributed by atoms with Crippen molar-refractivity contribution in [3.63, 3.8) is 0 Å². The van der Waals surface area contributed by atoms with Gasteiger partial charge in [0.15, 0.2) is 5.96 Å². The van der Waals surface area contributed by atoms with Crippen molar-refractivity contribution in [2.24, 2.45) is 10.9 Å². The topological polar surface area (TPSA) is 40.1 Å². The predicted molar refractivity (Wildman–Crippen MR) is 117 cm³/mol.